The number of hydrogen-bond donors (Lipinski definition) is 1. The van der Waals surface area contributed by atoms with Gasteiger partial charge in [-0.1, -0.05) is 6.08 Å². The summed E-state index contributed by atoms with van der Waals surface area (Å²) in [5.74, 6) is -1.32. The molecule has 2 aromatic carbocycles. The molecule has 0 fully saturated rings. The summed E-state index contributed by atoms with van der Waals surface area (Å²) in [6.45, 7) is 14.3. The molecule has 37 heavy (non-hydrogen) atoms. The average Bonchev–Trinajstić information content (AvgIpc) is 2.77. The number of hydrogen-bond acceptors (Lipinski definition) is 5. The second-order valence-electron chi connectivity index (χ2n) is 9.78. The fourth-order valence-electron chi connectivity index (χ4n) is 3.88. The first-order chi connectivity index (χ1) is 17.4. The standard InChI is InChI=1S/C29H37F2NO5/c1-8-10-11-12-36-24-16-21(30)14-18(3)26(24)20-13-19(4)27(31)22(15-20)23(17-25(33)35-9-2)32-28(34)37-29(5,6)7/h8,13-16,23H,1,9-12,17H2,2-7H3,(H,32,34)/t23-/m0/s1. The maximum absolute atomic E-state index is 15.5. The zero-order valence-corrected chi connectivity index (χ0v) is 22.5. The normalized spacial score (nSPS) is 12.0. The quantitative estimate of drug-likeness (QED) is 0.195. The minimum atomic E-state index is -1.06. The van der Waals surface area contributed by atoms with Crippen molar-refractivity contribution in [3.63, 3.8) is 0 Å². The average molecular weight is 518 g/mol. The molecule has 0 aliphatic rings. The van der Waals surface area contributed by atoms with E-state index in [1.54, 1.807) is 59.8 Å². The van der Waals surface area contributed by atoms with E-state index >= 15 is 4.39 Å². The number of nitrogens with one attached hydrogen (secondary N) is 1. The summed E-state index contributed by atoms with van der Waals surface area (Å²) in [5, 5.41) is 2.61. The topological polar surface area (TPSA) is 73.9 Å². The molecule has 0 saturated heterocycles. The summed E-state index contributed by atoms with van der Waals surface area (Å²) in [4.78, 5) is 24.9. The zero-order chi connectivity index (χ0) is 27.8. The van der Waals surface area contributed by atoms with Crippen LogP contribution in [-0.2, 0) is 14.3 Å². The minimum absolute atomic E-state index is 0.0789. The molecule has 0 unspecified atom stereocenters. The van der Waals surface area contributed by atoms with Gasteiger partial charge in [-0.2, -0.15) is 0 Å². The van der Waals surface area contributed by atoms with Crippen LogP contribution in [0.1, 0.15) is 69.7 Å². The van der Waals surface area contributed by atoms with Crippen molar-refractivity contribution in [1.82, 2.24) is 5.32 Å². The van der Waals surface area contributed by atoms with Crippen LogP contribution in [0.4, 0.5) is 13.6 Å². The molecule has 0 aliphatic heterocycles. The van der Waals surface area contributed by atoms with E-state index in [0.29, 0.717) is 35.5 Å². The summed E-state index contributed by atoms with van der Waals surface area (Å²) >= 11 is 0. The SMILES string of the molecule is C=CCCCOc1cc(F)cc(C)c1-c1cc(C)c(F)c([C@H](CC(=O)OCC)NC(=O)OC(C)(C)C)c1. The predicted molar refractivity (Wildman–Crippen MR) is 140 cm³/mol. The number of allylic oxidation sites excluding steroid dienone is 1. The Kier molecular flexibility index (Phi) is 10.6. The van der Waals surface area contributed by atoms with E-state index in [2.05, 4.69) is 11.9 Å². The fraction of sp³-hybridized carbons (Fsp3) is 0.448. The number of alkyl carbamates (subject to hydrolysis) is 1. The predicted octanol–water partition coefficient (Wildman–Crippen LogP) is 7.11. The number of carbonyl (C=O) groups excluding carboxylic acids is 2. The number of esters is 1. The molecule has 1 amide bonds. The first kappa shape index (κ1) is 29.8. The van der Waals surface area contributed by atoms with Crippen molar-refractivity contribution >= 4 is 12.1 Å². The Balaban J connectivity index is 2.58. The van der Waals surface area contributed by atoms with E-state index < -0.39 is 35.3 Å². The molecule has 0 bridgehead atoms. The highest BCUT2D eigenvalue weighted by Crippen LogP contribution is 2.38. The van der Waals surface area contributed by atoms with Crippen LogP contribution in [-0.4, -0.2) is 30.9 Å². The maximum Gasteiger partial charge on any atom is 0.408 e. The van der Waals surface area contributed by atoms with Crippen molar-refractivity contribution in [3.05, 3.63) is 65.2 Å². The van der Waals surface area contributed by atoms with Gasteiger partial charge in [0.25, 0.3) is 0 Å². The smallest absolute Gasteiger partial charge is 0.408 e. The molecular weight excluding hydrogens is 480 g/mol. The second-order valence-corrected chi connectivity index (χ2v) is 9.78. The summed E-state index contributed by atoms with van der Waals surface area (Å²) in [6, 6.07) is 4.78. The van der Waals surface area contributed by atoms with Gasteiger partial charge in [-0.3, -0.25) is 4.79 Å². The molecular formula is C29H37F2NO5. The molecule has 1 atom stereocenters. The summed E-state index contributed by atoms with van der Waals surface area (Å²) in [6.07, 6.45) is 2.12. The van der Waals surface area contributed by atoms with Gasteiger partial charge in [0.2, 0.25) is 0 Å². The minimum Gasteiger partial charge on any atom is -0.493 e. The highest BCUT2D eigenvalue weighted by atomic mass is 19.1. The van der Waals surface area contributed by atoms with Gasteiger partial charge < -0.3 is 19.5 Å². The van der Waals surface area contributed by atoms with Gasteiger partial charge in [0.15, 0.2) is 0 Å². The van der Waals surface area contributed by atoms with E-state index in [4.69, 9.17) is 14.2 Å². The largest absolute Gasteiger partial charge is 0.493 e. The van der Waals surface area contributed by atoms with Gasteiger partial charge in [-0.05, 0) is 89.3 Å². The third-order valence-corrected chi connectivity index (χ3v) is 5.39. The number of carbonyl (C=O) groups is 2. The number of aryl methyl sites for hydroxylation is 2. The third-order valence-electron chi connectivity index (χ3n) is 5.39. The number of amides is 1. The van der Waals surface area contributed by atoms with Crippen LogP contribution < -0.4 is 10.1 Å². The Morgan fingerprint density at radius 3 is 2.43 bits per heavy atom. The molecule has 0 saturated carbocycles. The Bertz CT molecular complexity index is 1120. The number of benzene rings is 2. The van der Waals surface area contributed by atoms with Crippen LogP contribution in [0.2, 0.25) is 0 Å². The summed E-state index contributed by atoms with van der Waals surface area (Å²) in [5.41, 5.74) is 1.32. The zero-order valence-electron chi connectivity index (χ0n) is 22.5. The molecule has 6 nitrogen and oxygen atoms in total. The van der Waals surface area contributed by atoms with Crippen LogP contribution in [0, 0.1) is 25.5 Å². The van der Waals surface area contributed by atoms with Crippen LogP contribution in [0.3, 0.4) is 0 Å². The number of ether oxygens (including phenoxy) is 3. The third kappa shape index (κ3) is 8.88. The highest BCUT2D eigenvalue weighted by Gasteiger charge is 2.27. The van der Waals surface area contributed by atoms with Crippen LogP contribution >= 0.6 is 0 Å². The van der Waals surface area contributed by atoms with Gasteiger partial charge in [-0.25, -0.2) is 13.6 Å². The Labute approximate surface area is 218 Å². The summed E-state index contributed by atoms with van der Waals surface area (Å²) in [7, 11) is 0. The number of rotatable bonds is 11. The van der Waals surface area contributed by atoms with Gasteiger partial charge in [0, 0.05) is 17.2 Å². The molecule has 2 aromatic rings. The van der Waals surface area contributed by atoms with E-state index in [9.17, 15) is 14.0 Å². The highest BCUT2D eigenvalue weighted by molar-refractivity contribution is 5.77. The molecule has 2 rings (SSSR count). The molecule has 8 heteroatoms. The number of unbranched alkanes of at least 4 members (excludes halogenated alkanes) is 1. The van der Waals surface area contributed by atoms with E-state index in [0.717, 1.165) is 6.42 Å². The molecule has 202 valence electrons. The van der Waals surface area contributed by atoms with Crippen LogP contribution in [0.15, 0.2) is 36.9 Å². The van der Waals surface area contributed by atoms with Gasteiger partial charge in [0.05, 0.1) is 25.7 Å². The lowest BCUT2D eigenvalue weighted by Crippen LogP contribution is -2.36. The van der Waals surface area contributed by atoms with E-state index in [-0.39, 0.29) is 24.2 Å². The lowest BCUT2D eigenvalue weighted by Gasteiger charge is -2.25. The lowest BCUT2D eigenvalue weighted by molar-refractivity contribution is -0.143. The molecule has 0 radical (unpaired) electrons. The molecule has 0 aliphatic carbocycles. The Morgan fingerprint density at radius 1 is 1.11 bits per heavy atom. The van der Waals surface area contributed by atoms with Gasteiger partial charge in [-0.15, -0.1) is 6.58 Å². The first-order valence-electron chi connectivity index (χ1n) is 12.4. The maximum atomic E-state index is 15.5. The van der Waals surface area contributed by atoms with Gasteiger partial charge in [0.1, 0.15) is 23.0 Å². The molecule has 0 spiro atoms. The fourth-order valence-corrected chi connectivity index (χ4v) is 3.88. The van der Waals surface area contributed by atoms with Crippen molar-refractivity contribution in [3.8, 4) is 16.9 Å². The number of halogens is 2. The molecule has 0 aromatic heterocycles. The second kappa shape index (κ2) is 13.2. The van der Waals surface area contributed by atoms with E-state index in [1.807, 2.05) is 0 Å². The van der Waals surface area contributed by atoms with Crippen molar-refractivity contribution < 1.29 is 32.6 Å². The Morgan fingerprint density at radius 2 is 1.81 bits per heavy atom. The Hall–Kier alpha value is -3.42. The van der Waals surface area contributed by atoms with Crippen LogP contribution in [0.25, 0.3) is 11.1 Å². The lowest BCUT2D eigenvalue weighted by atomic mass is 9.92. The van der Waals surface area contributed by atoms with Crippen LogP contribution in [0.5, 0.6) is 5.75 Å². The first-order valence-corrected chi connectivity index (χ1v) is 12.4. The molecule has 0 heterocycles. The van der Waals surface area contributed by atoms with Crippen molar-refractivity contribution in [2.45, 2.75) is 72.4 Å². The van der Waals surface area contributed by atoms with Crippen molar-refractivity contribution in [2.75, 3.05) is 13.2 Å². The molecule has 1 N–H and O–H groups in total. The van der Waals surface area contributed by atoms with Gasteiger partial charge >= 0.3 is 12.1 Å². The monoisotopic (exact) mass is 517 g/mol. The summed E-state index contributed by atoms with van der Waals surface area (Å²) < 4.78 is 46.0. The van der Waals surface area contributed by atoms with Crippen molar-refractivity contribution in [2.24, 2.45) is 0 Å². The van der Waals surface area contributed by atoms with E-state index in [1.165, 1.54) is 12.1 Å². The van der Waals surface area contributed by atoms with Crippen molar-refractivity contribution in [1.29, 1.82) is 0 Å².